The van der Waals surface area contributed by atoms with E-state index in [9.17, 15) is 14.4 Å². The number of anilines is 6. The van der Waals surface area contributed by atoms with Crippen molar-refractivity contribution in [3.63, 3.8) is 0 Å². The molecule has 3 amide bonds. The molecule has 1 saturated carbocycles. The Morgan fingerprint density at radius 3 is 2.23 bits per heavy atom. The Balaban J connectivity index is 0.780. The number of amides is 3. The average Bonchev–Trinajstić information content (AvgIpc) is 4.08. The molecular formula is C46H53N11O3. The molecule has 7 N–H and O–H groups in total. The van der Waals surface area contributed by atoms with Gasteiger partial charge in [-0.3, -0.25) is 19.3 Å². The number of carbonyl (C=O) groups excluding carboxylic acids is 3. The van der Waals surface area contributed by atoms with Gasteiger partial charge in [-0.1, -0.05) is 12.1 Å². The van der Waals surface area contributed by atoms with Crippen molar-refractivity contribution in [2.45, 2.75) is 51.0 Å². The first kappa shape index (κ1) is 39.1. The molecule has 0 bridgehead atoms. The number of nitrogens with two attached hydrogens (primary N) is 2. The zero-order valence-corrected chi connectivity index (χ0v) is 33.9. The van der Waals surface area contributed by atoms with Gasteiger partial charge in [-0.05, 0) is 122 Å². The van der Waals surface area contributed by atoms with Crippen LogP contribution >= 0.6 is 0 Å². The molecular weight excluding hydrogens is 755 g/mol. The number of primary amides is 2. The van der Waals surface area contributed by atoms with Crippen LogP contribution in [0.4, 0.5) is 34.4 Å². The van der Waals surface area contributed by atoms with Crippen molar-refractivity contribution >= 4 is 52.1 Å². The summed E-state index contributed by atoms with van der Waals surface area (Å²) in [4.78, 5) is 49.0. The summed E-state index contributed by atoms with van der Waals surface area (Å²) in [6, 6.07) is 26.0. The lowest BCUT2D eigenvalue weighted by atomic mass is 9.95. The maximum absolute atomic E-state index is 13.1. The second-order valence-corrected chi connectivity index (χ2v) is 16.6. The van der Waals surface area contributed by atoms with Crippen molar-refractivity contribution in [2.75, 3.05) is 78.1 Å². The second kappa shape index (κ2) is 17.1. The van der Waals surface area contributed by atoms with E-state index >= 15 is 0 Å². The number of benzene rings is 3. The van der Waals surface area contributed by atoms with Crippen molar-refractivity contribution in [2.24, 2.45) is 17.4 Å². The van der Waals surface area contributed by atoms with E-state index in [0.717, 1.165) is 63.6 Å². The Morgan fingerprint density at radius 1 is 0.783 bits per heavy atom. The number of hydrogen-bond donors (Lipinski definition) is 5. The first-order chi connectivity index (χ1) is 29.2. The van der Waals surface area contributed by atoms with E-state index in [2.05, 4.69) is 78.1 Å². The molecule has 1 aliphatic carbocycles. The van der Waals surface area contributed by atoms with Gasteiger partial charge in [0.2, 0.25) is 5.91 Å². The SMILES string of the molecule is NC(=O)CCNc1ccc(N2CCC(CN3CCN(c4ccc5c(c4)CCn4nc(-c6ccc(C(=O)Nc7cc(C8CC8)ccn7)cc6)c(C(N)=O)c4N5)CC3)CC2)cc1. The summed E-state index contributed by atoms with van der Waals surface area (Å²) in [5.41, 5.74) is 20.0. The van der Waals surface area contributed by atoms with Gasteiger partial charge >= 0.3 is 0 Å². The molecule has 2 saturated heterocycles. The van der Waals surface area contributed by atoms with Crippen molar-refractivity contribution < 1.29 is 14.4 Å². The summed E-state index contributed by atoms with van der Waals surface area (Å²) in [6.45, 7) is 8.43. The number of rotatable bonds is 13. The molecule has 5 aromatic rings. The normalized spacial score (nSPS) is 16.9. The molecule has 3 fully saturated rings. The highest BCUT2D eigenvalue weighted by atomic mass is 16.2. The smallest absolute Gasteiger partial charge is 0.256 e. The van der Waals surface area contributed by atoms with Gasteiger partial charge in [-0.15, -0.1) is 0 Å². The van der Waals surface area contributed by atoms with Gasteiger partial charge in [0.25, 0.3) is 11.8 Å². The molecule has 0 radical (unpaired) electrons. The summed E-state index contributed by atoms with van der Waals surface area (Å²) in [5.74, 6) is 1.27. The van der Waals surface area contributed by atoms with Crippen LogP contribution in [0.1, 0.15) is 69.9 Å². The van der Waals surface area contributed by atoms with Gasteiger partial charge < -0.3 is 37.2 Å². The van der Waals surface area contributed by atoms with E-state index < -0.39 is 5.91 Å². The van der Waals surface area contributed by atoms with Crippen LogP contribution in [0, 0.1) is 5.92 Å². The minimum atomic E-state index is -0.566. The highest BCUT2D eigenvalue weighted by molar-refractivity contribution is 6.06. The van der Waals surface area contributed by atoms with Gasteiger partial charge in [0.1, 0.15) is 22.9 Å². The van der Waals surface area contributed by atoms with Crippen LogP contribution in [-0.2, 0) is 17.8 Å². The van der Waals surface area contributed by atoms with Crippen LogP contribution in [0.2, 0.25) is 0 Å². The summed E-state index contributed by atoms with van der Waals surface area (Å²) in [7, 11) is 0. The molecule has 14 nitrogen and oxygen atoms in total. The third kappa shape index (κ3) is 8.79. The number of nitrogens with one attached hydrogen (secondary N) is 3. The lowest BCUT2D eigenvalue weighted by molar-refractivity contribution is -0.117. The highest BCUT2D eigenvalue weighted by Gasteiger charge is 2.29. The van der Waals surface area contributed by atoms with Gasteiger partial charge in [0, 0.05) is 105 Å². The van der Waals surface area contributed by atoms with Gasteiger partial charge in [-0.2, -0.15) is 5.10 Å². The fourth-order valence-electron chi connectivity index (χ4n) is 8.85. The molecule has 0 atom stereocenters. The van der Waals surface area contributed by atoms with Crippen molar-refractivity contribution in [3.05, 3.63) is 107 Å². The third-order valence-electron chi connectivity index (χ3n) is 12.4. The minimum Gasteiger partial charge on any atom is -0.385 e. The van der Waals surface area contributed by atoms with E-state index in [1.807, 2.05) is 16.8 Å². The quantitative estimate of drug-likeness (QED) is 0.0977. The van der Waals surface area contributed by atoms with Gasteiger partial charge in [0.05, 0.1) is 0 Å². The van der Waals surface area contributed by atoms with E-state index in [1.165, 1.54) is 48.2 Å². The molecule has 3 aromatic carbocycles. The van der Waals surface area contributed by atoms with Gasteiger partial charge in [0.15, 0.2) is 0 Å². The molecule has 9 rings (SSSR count). The lowest BCUT2D eigenvalue weighted by Gasteiger charge is -2.40. The predicted molar refractivity (Wildman–Crippen MR) is 236 cm³/mol. The molecule has 60 heavy (non-hydrogen) atoms. The number of aromatic nitrogens is 3. The predicted octanol–water partition coefficient (Wildman–Crippen LogP) is 5.80. The van der Waals surface area contributed by atoms with Crippen LogP contribution in [-0.4, -0.2) is 89.7 Å². The third-order valence-corrected chi connectivity index (χ3v) is 12.4. The van der Waals surface area contributed by atoms with Crippen LogP contribution in [0.25, 0.3) is 11.3 Å². The minimum absolute atomic E-state index is 0.251. The monoisotopic (exact) mass is 807 g/mol. The van der Waals surface area contributed by atoms with E-state index in [-0.39, 0.29) is 11.8 Å². The summed E-state index contributed by atoms with van der Waals surface area (Å²) in [5, 5.41) is 14.5. The fourth-order valence-corrected chi connectivity index (χ4v) is 8.85. The maximum atomic E-state index is 13.1. The number of aryl methyl sites for hydroxylation is 2. The van der Waals surface area contributed by atoms with Crippen LogP contribution in [0.3, 0.4) is 0 Å². The Morgan fingerprint density at radius 2 is 1.52 bits per heavy atom. The summed E-state index contributed by atoms with van der Waals surface area (Å²) in [6.07, 6.45) is 7.53. The lowest BCUT2D eigenvalue weighted by Crippen LogP contribution is -2.49. The average molecular weight is 808 g/mol. The standard InChI is InChI=1S/C46H53N11O3/c47-40(58)14-19-49-36-7-9-37(10-8-36)55-20-15-30(16-21-55)29-54-23-25-56(26-24-54)38-11-12-39-35(27-38)17-22-57-45(51-39)42(44(48)59)43(53-57)32-3-5-33(6-4-32)46(60)52-41-28-34(13-18-50-41)31-1-2-31/h3-13,18,27-28,30-31,49,51H,1-2,14-17,19-26,29H2,(H2,47,58)(H2,48,59)(H,50,52,60). The number of nitrogens with zero attached hydrogens (tertiary/aromatic N) is 6. The Kier molecular flexibility index (Phi) is 11.1. The molecule has 0 spiro atoms. The fraction of sp³-hybridized carbons (Fsp3) is 0.370. The molecule has 0 unspecified atom stereocenters. The number of fused-ring (bicyclic) bond motifs is 2. The molecule has 3 aliphatic heterocycles. The van der Waals surface area contributed by atoms with Crippen molar-refractivity contribution in [1.29, 1.82) is 0 Å². The topological polar surface area (TPSA) is 180 Å². The number of hydrogen-bond acceptors (Lipinski definition) is 10. The number of piperazine rings is 1. The number of carbonyl (C=O) groups is 3. The van der Waals surface area contributed by atoms with Crippen LogP contribution in [0.15, 0.2) is 85.1 Å². The summed E-state index contributed by atoms with van der Waals surface area (Å²) >= 11 is 0. The van der Waals surface area contributed by atoms with Crippen molar-refractivity contribution in [1.82, 2.24) is 19.7 Å². The molecule has 2 aromatic heterocycles. The Bertz CT molecular complexity index is 2360. The molecule has 4 aliphatic rings. The van der Waals surface area contributed by atoms with Crippen LogP contribution in [0.5, 0.6) is 0 Å². The summed E-state index contributed by atoms with van der Waals surface area (Å²) < 4.78 is 1.83. The van der Waals surface area contributed by atoms with E-state index in [0.29, 0.717) is 65.4 Å². The largest absolute Gasteiger partial charge is 0.385 e. The van der Waals surface area contributed by atoms with E-state index in [4.69, 9.17) is 16.6 Å². The molecule has 14 heteroatoms. The highest BCUT2D eigenvalue weighted by Crippen LogP contribution is 2.40. The second-order valence-electron chi connectivity index (χ2n) is 16.6. The van der Waals surface area contributed by atoms with Crippen LogP contribution < -0.4 is 37.2 Å². The zero-order valence-electron chi connectivity index (χ0n) is 33.9. The zero-order chi connectivity index (χ0) is 41.2. The first-order valence-corrected chi connectivity index (χ1v) is 21.3. The van der Waals surface area contributed by atoms with Gasteiger partial charge in [-0.25, -0.2) is 9.67 Å². The number of pyridine rings is 1. The Labute approximate surface area is 350 Å². The maximum Gasteiger partial charge on any atom is 0.256 e. The molecule has 5 heterocycles. The van der Waals surface area contributed by atoms with E-state index in [1.54, 1.807) is 30.5 Å². The number of piperidine rings is 1. The Hall–Kier alpha value is -6.41. The van der Waals surface area contributed by atoms with Crippen molar-refractivity contribution in [3.8, 4) is 11.3 Å². The molecule has 310 valence electrons. The first-order valence-electron chi connectivity index (χ1n) is 21.3.